The van der Waals surface area contributed by atoms with Gasteiger partial charge >= 0.3 is 0 Å². The van der Waals surface area contributed by atoms with Gasteiger partial charge in [0, 0.05) is 24.8 Å². The third-order valence-electron chi connectivity index (χ3n) is 3.33. The molecular weight excluding hydrogens is 267 g/mol. The average Bonchev–Trinajstić information content (AvgIpc) is 2.46. The van der Waals surface area contributed by atoms with Crippen molar-refractivity contribution in [2.45, 2.75) is 19.6 Å². The molecule has 1 N–H and O–H groups in total. The Kier molecular flexibility index (Phi) is 4.56. The van der Waals surface area contributed by atoms with Gasteiger partial charge in [-0.05, 0) is 36.8 Å². The van der Waals surface area contributed by atoms with Gasteiger partial charge in [-0.15, -0.1) is 0 Å². The van der Waals surface area contributed by atoms with Gasteiger partial charge in [-0.2, -0.15) is 5.26 Å². The van der Waals surface area contributed by atoms with Crippen molar-refractivity contribution in [3.63, 3.8) is 0 Å². The van der Waals surface area contributed by atoms with E-state index in [-0.39, 0.29) is 5.56 Å². The molecule has 21 heavy (non-hydrogen) atoms. The lowest BCUT2D eigenvalue weighted by atomic mass is 10.1. The summed E-state index contributed by atoms with van der Waals surface area (Å²) in [4.78, 5) is 1.86. The van der Waals surface area contributed by atoms with Gasteiger partial charge in [-0.25, -0.2) is 4.39 Å². The Balaban J connectivity index is 2.30. The lowest BCUT2D eigenvalue weighted by Gasteiger charge is -2.24. The molecule has 0 saturated carbocycles. The summed E-state index contributed by atoms with van der Waals surface area (Å²) in [6.07, 6.45) is -0.880. The van der Waals surface area contributed by atoms with Crippen molar-refractivity contribution in [1.29, 1.82) is 5.26 Å². The molecule has 3 nitrogen and oxygen atoms in total. The van der Waals surface area contributed by atoms with Crippen molar-refractivity contribution in [2.24, 2.45) is 0 Å². The van der Waals surface area contributed by atoms with Crippen molar-refractivity contribution in [1.82, 2.24) is 0 Å². The van der Waals surface area contributed by atoms with Gasteiger partial charge in [-0.3, -0.25) is 0 Å². The Morgan fingerprint density at radius 1 is 1.29 bits per heavy atom. The molecule has 0 aromatic heterocycles. The fourth-order valence-electron chi connectivity index (χ4n) is 2.37. The number of aliphatic hydroxyl groups is 1. The predicted octanol–water partition coefficient (Wildman–Crippen LogP) is 3.39. The molecule has 0 aliphatic carbocycles. The Morgan fingerprint density at radius 3 is 2.67 bits per heavy atom. The summed E-state index contributed by atoms with van der Waals surface area (Å²) >= 11 is 0. The lowest BCUT2D eigenvalue weighted by molar-refractivity contribution is 0.194. The van der Waals surface area contributed by atoms with Crippen molar-refractivity contribution in [2.75, 3.05) is 11.9 Å². The summed E-state index contributed by atoms with van der Waals surface area (Å²) in [5.74, 6) is -0.417. The van der Waals surface area contributed by atoms with E-state index >= 15 is 0 Å². The fraction of sp³-hybridized carbons (Fsp3) is 0.235. The number of nitriles is 1. The van der Waals surface area contributed by atoms with Crippen LogP contribution in [0.3, 0.4) is 0 Å². The maximum Gasteiger partial charge on any atom is 0.131 e. The molecule has 0 saturated heterocycles. The van der Waals surface area contributed by atoms with E-state index in [1.165, 1.54) is 6.07 Å². The zero-order valence-corrected chi connectivity index (χ0v) is 12.0. The maximum atomic E-state index is 13.9. The maximum absolute atomic E-state index is 13.9. The van der Waals surface area contributed by atoms with Gasteiger partial charge in [0.15, 0.2) is 0 Å². The zero-order chi connectivity index (χ0) is 15.4. The van der Waals surface area contributed by atoms with Crippen LogP contribution in [-0.4, -0.2) is 12.2 Å². The summed E-state index contributed by atoms with van der Waals surface area (Å²) in [7, 11) is 1.83. The Labute approximate surface area is 123 Å². The number of anilines is 1. The van der Waals surface area contributed by atoms with Crippen LogP contribution in [0.25, 0.3) is 0 Å². The van der Waals surface area contributed by atoms with Crippen LogP contribution < -0.4 is 4.90 Å². The van der Waals surface area contributed by atoms with E-state index in [0.29, 0.717) is 17.8 Å². The Morgan fingerprint density at radius 2 is 2.00 bits per heavy atom. The highest BCUT2D eigenvalue weighted by Gasteiger charge is 2.16. The van der Waals surface area contributed by atoms with Gasteiger partial charge in [0.1, 0.15) is 5.82 Å². The molecule has 0 aliphatic rings. The zero-order valence-electron chi connectivity index (χ0n) is 12.0. The topological polar surface area (TPSA) is 47.3 Å². The van der Waals surface area contributed by atoms with Crippen molar-refractivity contribution in [3.05, 3.63) is 65.0 Å². The summed E-state index contributed by atoms with van der Waals surface area (Å²) in [6, 6.07) is 14.1. The third kappa shape index (κ3) is 3.39. The van der Waals surface area contributed by atoms with Gasteiger partial charge in [0.25, 0.3) is 0 Å². The molecule has 2 aromatic carbocycles. The standard InChI is InChI=1S/C17H17FN2O/c1-12(21)17-15(18)7-4-8-16(17)20(2)11-14-6-3-5-13(9-14)10-19/h3-9,12,21H,11H2,1-2H3. The second kappa shape index (κ2) is 6.38. The molecule has 1 atom stereocenters. The smallest absolute Gasteiger partial charge is 0.131 e. The number of benzene rings is 2. The van der Waals surface area contributed by atoms with E-state index in [4.69, 9.17) is 5.26 Å². The highest BCUT2D eigenvalue weighted by atomic mass is 19.1. The first-order valence-corrected chi connectivity index (χ1v) is 6.69. The number of hydrogen-bond acceptors (Lipinski definition) is 3. The minimum absolute atomic E-state index is 0.288. The van der Waals surface area contributed by atoms with E-state index in [1.807, 2.05) is 24.1 Å². The summed E-state index contributed by atoms with van der Waals surface area (Å²) in [5.41, 5.74) is 2.48. The second-order valence-corrected chi connectivity index (χ2v) is 5.02. The van der Waals surface area contributed by atoms with Gasteiger partial charge in [-0.1, -0.05) is 18.2 Å². The molecule has 0 amide bonds. The van der Waals surface area contributed by atoms with Crippen molar-refractivity contribution >= 4 is 5.69 Å². The van der Waals surface area contributed by atoms with E-state index in [2.05, 4.69) is 6.07 Å². The minimum atomic E-state index is -0.880. The molecule has 0 radical (unpaired) electrons. The number of aliphatic hydroxyl groups excluding tert-OH is 1. The quantitative estimate of drug-likeness (QED) is 0.936. The van der Waals surface area contributed by atoms with Crippen LogP contribution in [0.1, 0.15) is 29.7 Å². The molecule has 4 heteroatoms. The Bertz CT molecular complexity index is 677. The minimum Gasteiger partial charge on any atom is -0.389 e. The molecular formula is C17H17FN2O. The summed E-state index contributed by atoms with van der Waals surface area (Å²) < 4.78 is 13.9. The van der Waals surface area contributed by atoms with Gasteiger partial charge in [0.05, 0.1) is 17.7 Å². The first-order chi connectivity index (χ1) is 10.0. The average molecular weight is 284 g/mol. The number of rotatable bonds is 4. The number of hydrogen-bond donors (Lipinski definition) is 1. The normalized spacial score (nSPS) is 11.8. The highest BCUT2D eigenvalue weighted by molar-refractivity contribution is 5.55. The summed E-state index contributed by atoms with van der Waals surface area (Å²) in [5, 5.41) is 18.7. The predicted molar refractivity (Wildman–Crippen MR) is 80.3 cm³/mol. The van der Waals surface area contributed by atoms with Crippen LogP contribution in [0.2, 0.25) is 0 Å². The molecule has 0 bridgehead atoms. The van der Waals surface area contributed by atoms with Crippen LogP contribution in [0.4, 0.5) is 10.1 Å². The van der Waals surface area contributed by atoms with E-state index in [9.17, 15) is 9.50 Å². The van der Waals surface area contributed by atoms with Crippen LogP contribution in [-0.2, 0) is 6.54 Å². The SMILES string of the molecule is CC(O)c1c(F)cccc1N(C)Cc1cccc(C#N)c1. The molecule has 0 heterocycles. The molecule has 0 spiro atoms. The van der Waals surface area contributed by atoms with E-state index in [1.54, 1.807) is 31.2 Å². The second-order valence-electron chi connectivity index (χ2n) is 5.02. The highest BCUT2D eigenvalue weighted by Crippen LogP contribution is 2.29. The molecule has 2 rings (SSSR count). The molecule has 0 fully saturated rings. The lowest BCUT2D eigenvalue weighted by Crippen LogP contribution is -2.19. The molecule has 2 aromatic rings. The van der Waals surface area contributed by atoms with Crippen molar-refractivity contribution in [3.8, 4) is 6.07 Å². The van der Waals surface area contributed by atoms with Gasteiger partial charge in [0.2, 0.25) is 0 Å². The van der Waals surface area contributed by atoms with Crippen LogP contribution in [0.5, 0.6) is 0 Å². The van der Waals surface area contributed by atoms with Crippen LogP contribution in [0.15, 0.2) is 42.5 Å². The fourth-order valence-corrected chi connectivity index (χ4v) is 2.37. The van der Waals surface area contributed by atoms with Crippen LogP contribution >= 0.6 is 0 Å². The first kappa shape index (κ1) is 15.0. The summed E-state index contributed by atoms with van der Waals surface area (Å²) in [6.45, 7) is 2.07. The van der Waals surface area contributed by atoms with E-state index < -0.39 is 11.9 Å². The molecule has 0 aliphatic heterocycles. The first-order valence-electron chi connectivity index (χ1n) is 6.69. The third-order valence-corrected chi connectivity index (χ3v) is 3.33. The van der Waals surface area contributed by atoms with Crippen LogP contribution in [0, 0.1) is 17.1 Å². The van der Waals surface area contributed by atoms with Gasteiger partial charge < -0.3 is 10.0 Å². The van der Waals surface area contributed by atoms with Crippen molar-refractivity contribution < 1.29 is 9.50 Å². The molecule has 1 unspecified atom stereocenters. The number of halogens is 1. The van der Waals surface area contributed by atoms with E-state index in [0.717, 1.165) is 5.56 Å². The Hall–Kier alpha value is -2.38. The number of nitrogens with zero attached hydrogens (tertiary/aromatic N) is 2. The largest absolute Gasteiger partial charge is 0.389 e. The molecule has 108 valence electrons. The monoisotopic (exact) mass is 284 g/mol.